The first kappa shape index (κ1) is 15.8. The molecule has 0 aliphatic carbocycles. The molecule has 1 N–H and O–H groups in total. The van der Waals surface area contributed by atoms with E-state index in [2.05, 4.69) is 20.7 Å². The normalized spacial score (nSPS) is 18.0. The maximum Gasteiger partial charge on any atom is 0.340 e. The van der Waals surface area contributed by atoms with E-state index in [1.165, 1.54) is 24.1 Å². The Morgan fingerprint density at radius 2 is 2.14 bits per heavy atom. The zero-order chi connectivity index (χ0) is 15.7. The number of anilines is 1. The molecule has 8 heteroatoms. The van der Waals surface area contributed by atoms with E-state index < -0.39 is 17.9 Å². The number of halogens is 2. The Morgan fingerprint density at radius 3 is 2.67 bits per heavy atom. The molecule has 0 aromatic heterocycles. The van der Waals surface area contributed by atoms with E-state index in [1.54, 1.807) is 0 Å². The van der Waals surface area contributed by atoms with Crippen molar-refractivity contribution in [1.29, 1.82) is 0 Å². The van der Waals surface area contributed by atoms with E-state index in [0.29, 0.717) is 9.50 Å². The molecule has 0 radical (unpaired) electrons. The second kappa shape index (κ2) is 6.03. The van der Waals surface area contributed by atoms with Crippen molar-refractivity contribution >= 4 is 51.1 Å². The molecule has 1 heterocycles. The molecule has 0 spiro atoms. The molecule has 0 saturated carbocycles. The summed E-state index contributed by atoms with van der Waals surface area (Å²) in [5.74, 6) is -2.85. The lowest BCUT2D eigenvalue weighted by Gasteiger charge is -2.20. The monoisotopic (exact) mass is 375 g/mol. The van der Waals surface area contributed by atoms with Crippen LogP contribution < -0.4 is 4.90 Å². The molecular weight excluding hydrogens is 366 g/mol. The van der Waals surface area contributed by atoms with Crippen molar-refractivity contribution in [2.75, 3.05) is 18.6 Å². The molecule has 6 nitrogen and oxygen atoms in total. The topological polar surface area (TPSA) is 83.9 Å². The second-order valence-corrected chi connectivity index (χ2v) is 5.78. The first-order valence-electron chi connectivity index (χ1n) is 5.95. The van der Waals surface area contributed by atoms with Crippen LogP contribution >= 0.6 is 27.5 Å². The van der Waals surface area contributed by atoms with Crippen LogP contribution in [0, 0.1) is 5.92 Å². The zero-order valence-corrected chi connectivity index (χ0v) is 13.3. The number of nitrogens with zero attached hydrogens (tertiary/aromatic N) is 1. The molecule has 0 bridgehead atoms. The van der Waals surface area contributed by atoms with Gasteiger partial charge in [-0.3, -0.25) is 9.59 Å². The van der Waals surface area contributed by atoms with E-state index >= 15 is 0 Å². The van der Waals surface area contributed by atoms with Gasteiger partial charge in [-0.05, 0) is 28.1 Å². The maximum atomic E-state index is 12.0. The number of methoxy groups -OCH3 is 1. The third-order valence-corrected chi connectivity index (χ3v) is 4.41. The van der Waals surface area contributed by atoms with Gasteiger partial charge in [0.15, 0.2) is 0 Å². The molecule has 1 aliphatic heterocycles. The van der Waals surface area contributed by atoms with Crippen LogP contribution in [-0.4, -0.2) is 36.6 Å². The molecule has 1 atom stereocenters. The van der Waals surface area contributed by atoms with Gasteiger partial charge in [-0.25, -0.2) is 4.79 Å². The summed E-state index contributed by atoms with van der Waals surface area (Å²) in [6.07, 6.45) is -0.108. The quantitative estimate of drug-likeness (QED) is 0.819. The molecule has 1 unspecified atom stereocenters. The third-order valence-electron chi connectivity index (χ3n) is 3.21. The predicted octanol–water partition coefficient (Wildman–Crippen LogP) is 2.33. The lowest BCUT2D eigenvalue weighted by Crippen LogP contribution is -2.27. The first-order valence-corrected chi connectivity index (χ1v) is 7.12. The minimum Gasteiger partial charge on any atom is -0.481 e. The predicted molar refractivity (Wildman–Crippen MR) is 78.6 cm³/mol. The SMILES string of the molecule is COC(=O)c1cc(Br)c(Cl)cc1N1CC(C(=O)O)CC1=O. The van der Waals surface area contributed by atoms with Crippen molar-refractivity contribution in [1.82, 2.24) is 0 Å². The highest BCUT2D eigenvalue weighted by Gasteiger charge is 2.37. The summed E-state index contributed by atoms with van der Waals surface area (Å²) in [5, 5.41) is 9.32. The molecule has 2 rings (SSSR count). The van der Waals surface area contributed by atoms with Gasteiger partial charge in [0, 0.05) is 17.4 Å². The Kier molecular flexibility index (Phi) is 4.53. The number of hydrogen-bond acceptors (Lipinski definition) is 4. The van der Waals surface area contributed by atoms with E-state index in [9.17, 15) is 14.4 Å². The van der Waals surface area contributed by atoms with Gasteiger partial charge in [-0.1, -0.05) is 11.6 Å². The molecule has 1 aliphatic rings. The van der Waals surface area contributed by atoms with Crippen molar-refractivity contribution < 1.29 is 24.2 Å². The molecule has 1 aromatic rings. The Labute approximate surface area is 133 Å². The van der Waals surface area contributed by atoms with Gasteiger partial charge in [-0.2, -0.15) is 0 Å². The highest BCUT2D eigenvalue weighted by molar-refractivity contribution is 9.10. The number of carboxylic acids is 1. The van der Waals surface area contributed by atoms with Crippen molar-refractivity contribution in [2.24, 2.45) is 5.92 Å². The van der Waals surface area contributed by atoms with Crippen LogP contribution in [0.15, 0.2) is 16.6 Å². The number of hydrogen-bond donors (Lipinski definition) is 1. The molecular formula is C13H11BrClNO5. The van der Waals surface area contributed by atoms with Gasteiger partial charge in [0.25, 0.3) is 0 Å². The smallest absolute Gasteiger partial charge is 0.340 e. The highest BCUT2D eigenvalue weighted by atomic mass is 79.9. The number of esters is 1. The molecule has 1 aromatic carbocycles. The third kappa shape index (κ3) is 3.03. The Hall–Kier alpha value is -1.60. The molecule has 1 fully saturated rings. The van der Waals surface area contributed by atoms with Crippen molar-refractivity contribution in [3.8, 4) is 0 Å². The number of carbonyl (C=O) groups excluding carboxylic acids is 2. The summed E-state index contributed by atoms with van der Waals surface area (Å²) in [6.45, 7) is -0.00385. The van der Waals surface area contributed by atoms with Gasteiger partial charge >= 0.3 is 11.9 Å². The lowest BCUT2D eigenvalue weighted by molar-refractivity contribution is -0.141. The minimum atomic E-state index is -1.05. The highest BCUT2D eigenvalue weighted by Crippen LogP contribution is 2.35. The van der Waals surface area contributed by atoms with Crippen LogP contribution in [-0.2, 0) is 14.3 Å². The number of carboxylic acid groups (broad SMARTS) is 1. The fourth-order valence-electron chi connectivity index (χ4n) is 2.14. The van der Waals surface area contributed by atoms with E-state index in [1.807, 2.05) is 0 Å². The Balaban J connectivity index is 2.48. The van der Waals surface area contributed by atoms with Gasteiger partial charge in [0.2, 0.25) is 5.91 Å². The molecule has 21 heavy (non-hydrogen) atoms. The average Bonchev–Trinajstić information content (AvgIpc) is 2.82. The lowest BCUT2D eigenvalue weighted by atomic mass is 10.1. The molecule has 1 saturated heterocycles. The van der Waals surface area contributed by atoms with Gasteiger partial charge in [0.1, 0.15) is 0 Å². The van der Waals surface area contributed by atoms with Crippen LogP contribution in [0.3, 0.4) is 0 Å². The fourth-order valence-corrected chi connectivity index (χ4v) is 2.64. The fraction of sp³-hybridized carbons (Fsp3) is 0.308. The van der Waals surface area contributed by atoms with Crippen molar-refractivity contribution in [3.63, 3.8) is 0 Å². The number of rotatable bonds is 3. The minimum absolute atomic E-state index is 0.00385. The summed E-state index contributed by atoms with van der Waals surface area (Å²) in [5.41, 5.74) is 0.400. The van der Waals surface area contributed by atoms with Crippen LogP contribution in [0.2, 0.25) is 5.02 Å². The van der Waals surface area contributed by atoms with E-state index in [0.717, 1.165) is 0 Å². The number of aliphatic carboxylic acids is 1. The number of ether oxygens (including phenoxy) is 1. The van der Waals surface area contributed by atoms with Crippen molar-refractivity contribution in [2.45, 2.75) is 6.42 Å². The maximum absolute atomic E-state index is 12.0. The molecule has 112 valence electrons. The summed E-state index contributed by atoms with van der Waals surface area (Å²) >= 11 is 9.20. The summed E-state index contributed by atoms with van der Waals surface area (Å²) in [6, 6.07) is 2.89. The van der Waals surface area contributed by atoms with Crippen molar-refractivity contribution in [3.05, 3.63) is 27.2 Å². The first-order chi connectivity index (χ1) is 9.85. The van der Waals surface area contributed by atoms with Crippen LogP contribution in [0.4, 0.5) is 5.69 Å². The Morgan fingerprint density at radius 1 is 1.48 bits per heavy atom. The number of carbonyl (C=O) groups is 3. The van der Waals surface area contributed by atoms with Crippen LogP contribution in [0.25, 0.3) is 0 Å². The zero-order valence-electron chi connectivity index (χ0n) is 10.9. The summed E-state index contributed by atoms with van der Waals surface area (Å²) in [4.78, 5) is 36.1. The van der Waals surface area contributed by atoms with Gasteiger partial charge < -0.3 is 14.7 Å². The van der Waals surface area contributed by atoms with Gasteiger partial charge in [0.05, 0.1) is 29.3 Å². The number of amides is 1. The Bertz CT molecular complexity index is 633. The number of benzene rings is 1. The van der Waals surface area contributed by atoms with Crippen LogP contribution in [0.5, 0.6) is 0 Å². The summed E-state index contributed by atoms with van der Waals surface area (Å²) < 4.78 is 5.17. The average molecular weight is 377 g/mol. The van der Waals surface area contributed by atoms with Gasteiger partial charge in [-0.15, -0.1) is 0 Å². The standard InChI is InChI=1S/C13H11BrClNO5/c1-21-13(20)7-3-8(14)9(15)4-10(7)16-5-6(12(18)19)2-11(16)17/h3-4,6H,2,5H2,1H3,(H,18,19). The second-order valence-electron chi connectivity index (χ2n) is 4.52. The molecule has 1 amide bonds. The summed E-state index contributed by atoms with van der Waals surface area (Å²) in [7, 11) is 1.22. The van der Waals surface area contributed by atoms with E-state index in [4.69, 9.17) is 16.7 Å². The van der Waals surface area contributed by atoms with Crippen LogP contribution in [0.1, 0.15) is 16.8 Å². The largest absolute Gasteiger partial charge is 0.481 e. The van der Waals surface area contributed by atoms with E-state index in [-0.39, 0.29) is 30.1 Å².